The van der Waals surface area contributed by atoms with Gasteiger partial charge < -0.3 is 5.32 Å². The second-order valence-corrected chi connectivity index (χ2v) is 6.95. The van der Waals surface area contributed by atoms with Crippen LogP contribution in [0.25, 0.3) is 0 Å². The average molecular weight is 261 g/mol. The Balaban J connectivity index is 1.67. The minimum atomic E-state index is 0.602. The molecule has 0 radical (unpaired) electrons. The molecule has 18 heavy (non-hydrogen) atoms. The van der Waals surface area contributed by atoms with Gasteiger partial charge in [0.05, 0.1) is 0 Å². The number of benzene rings is 1. The van der Waals surface area contributed by atoms with Gasteiger partial charge in [-0.05, 0) is 49.0 Å². The van der Waals surface area contributed by atoms with Crippen molar-refractivity contribution in [3.8, 4) is 0 Å². The Morgan fingerprint density at radius 2 is 2.06 bits per heavy atom. The molecule has 0 spiro atoms. The average Bonchev–Trinajstić information content (AvgIpc) is 2.84. The fourth-order valence-corrected chi connectivity index (χ4v) is 4.43. The highest BCUT2D eigenvalue weighted by Gasteiger charge is 2.21. The van der Waals surface area contributed by atoms with E-state index < -0.39 is 0 Å². The van der Waals surface area contributed by atoms with E-state index in [0.29, 0.717) is 6.04 Å². The molecule has 1 saturated heterocycles. The van der Waals surface area contributed by atoms with Crippen molar-refractivity contribution in [3.05, 3.63) is 35.4 Å². The van der Waals surface area contributed by atoms with Crippen LogP contribution in [0.5, 0.6) is 0 Å². The van der Waals surface area contributed by atoms with E-state index in [1.165, 1.54) is 50.8 Å². The molecule has 1 fully saturated rings. The van der Waals surface area contributed by atoms with Crippen molar-refractivity contribution in [2.75, 3.05) is 12.3 Å². The van der Waals surface area contributed by atoms with Crippen molar-refractivity contribution >= 4 is 11.8 Å². The van der Waals surface area contributed by atoms with E-state index in [1.54, 1.807) is 11.1 Å². The lowest BCUT2D eigenvalue weighted by atomic mass is 9.99. The number of rotatable bonds is 3. The summed E-state index contributed by atoms with van der Waals surface area (Å²) in [5.41, 5.74) is 3.14. The van der Waals surface area contributed by atoms with Crippen LogP contribution < -0.4 is 5.32 Å². The Bertz CT molecular complexity index is 384. The van der Waals surface area contributed by atoms with E-state index in [2.05, 4.69) is 41.3 Å². The molecular formula is C16H23NS. The van der Waals surface area contributed by atoms with Crippen molar-refractivity contribution < 1.29 is 0 Å². The molecule has 3 rings (SSSR count). The summed E-state index contributed by atoms with van der Waals surface area (Å²) in [6.07, 6.45) is 8.13. The van der Waals surface area contributed by atoms with E-state index in [0.717, 1.165) is 5.25 Å². The molecule has 2 atom stereocenters. The Kier molecular flexibility index (Phi) is 4.27. The summed E-state index contributed by atoms with van der Waals surface area (Å²) in [7, 11) is 0. The molecule has 1 N–H and O–H groups in total. The molecule has 1 aliphatic carbocycles. The van der Waals surface area contributed by atoms with Crippen LogP contribution in [0.3, 0.4) is 0 Å². The van der Waals surface area contributed by atoms with Crippen LogP contribution in [0.4, 0.5) is 0 Å². The molecule has 1 heterocycles. The van der Waals surface area contributed by atoms with Gasteiger partial charge in [0.2, 0.25) is 0 Å². The summed E-state index contributed by atoms with van der Waals surface area (Å²) in [6, 6.07) is 9.64. The van der Waals surface area contributed by atoms with Crippen molar-refractivity contribution in [1.82, 2.24) is 5.32 Å². The second-order valence-electron chi connectivity index (χ2n) is 5.54. The van der Waals surface area contributed by atoms with E-state index in [4.69, 9.17) is 0 Å². The van der Waals surface area contributed by atoms with Crippen LogP contribution >= 0.6 is 11.8 Å². The standard InChI is InChI=1S/C16H23NS/c1-3-9-15-13(6-1)7-2-4-10-16(15)17-12-14-8-5-11-18-14/h1,3,6,9,14,16-17H,2,4-5,7-8,10-12H2. The summed E-state index contributed by atoms with van der Waals surface area (Å²) >= 11 is 2.15. The van der Waals surface area contributed by atoms with Gasteiger partial charge in [-0.25, -0.2) is 0 Å². The normalized spacial score (nSPS) is 27.8. The van der Waals surface area contributed by atoms with Gasteiger partial charge in [-0.15, -0.1) is 0 Å². The van der Waals surface area contributed by atoms with E-state index in [-0.39, 0.29) is 0 Å². The Morgan fingerprint density at radius 1 is 1.11 bits per heavy atom. The third-order valence-electron chi connectivity index (χ3n) is 4.24. The number of hydrogen-bond acceptors (Lipinski definition) is 2. The third kappa shape index (κ3) is 2.92. The largest absolute Gasteiger partial charge is 0.309 e. The van der Waals surface area contributed by atoms with Gasteiger partial charge >= 0.3 is 0 Å². The van der Waals surface area contributed by atoms with Gasteiger partial charge in [-0.2, -0.15) is 11.8 Å². The zero-order valence-electron chi connectivity index (χ0n) is 11.0. The molecule has 0 aromatic heterocycles. The van der Waals surface area contributed by atoms with Gasteiger partial charge in [0, 0.05) is 17.8 Å². The number of thioether (sulfide) groups is 1. The first-order valence-electron chi connectivity index (χ1n) is 7.36. The molecule has 0 amide bonds. The summed E-state index contributed by atoms with van der Waals surface area (Å²) in [5.74, 6) is 1.37. The lowest BCUT2D eigenvalue weighted by Gasteiger charge is -2.21. The molecule has 98 valence electrons. The van der Waals surface area contributed by atoms with Crippen molar-refractivity contribution in [2.24, 2.45) is 0 Å². The highest BCUT2D eigenvalue weighted by Crippen LogP contribution is 2.30. The summed E-state index contributed by atoms with van der Waals surface area (Å²) < 4.78 is 0. The van der Waals surface area contributed by atoms with Crippen LogP contribution in [0.1, 0.15) is 49.3 Å². The topological polar surface area (TPSA) is 12.0 Å². The first-order valence-corrected chi connectivity index (χ1v) is 8.41. The molecular weight excluding hydrogens is 238 g/mol. The Labute approximate surface area is 115 Å². The number of nitrogens with one attached hydrogen (secondary N) is 1. The fraction of sp³-hybridized carbons (Fsp3) is 0.625. The molecule has 0 bridgehead atoms. The monoisotopic (exact) mass is 261 g/mol. The zero-order valence-corrected chi connectivity index (χ0v) is 11.8. The van der Waals surface area contributed by atoms with E-state index in [1.807, 2.05) is 0 Å². The first kappa shape index (κ1) is 12.6. The highest BCUT2D eigenvalue weighted by atomic mass is 32.2. The number of hydrogen-bond donors (Lipinski definition) is 1. The highest BCUT2D eigenvalue weighted by molar-refractivity contribution is 8.00. The smallest absolute Gasteiger partial charge is 0.0323 e. The van der Waals surface area contributed by atoms with Gasteiger partial charge in [-0.1, -0.05) is 30.7 Å². The van der Waals surface area contributed by atoms with Gasteiger partial charge in [0.1, 0.15) is 0 Å². The first-order chi connectivity index (χ1) is 8.93. The molecule has 2 unspecified atom stereocenters. The van der Waals surface area contributed by atoms with E-state index >= 15 is 0 Å². The number of aryl methyl sites for hydroxylation is 1. The summed E-state index contributed by atoms with van der Waals surface area (Å²) in [5, 5.41) is 4.70. The van der Waals surface area contributed by atoms with Gasteiger partial charge in [-0.3, -0.25) is 0 Å². The van der Waals surface area contributed by atoms with E-state index in [9.17, 15) is 0 Å². The maximum absolute atomic E-state index is 3.84. The Hall–Kier alpha value is -0.470. The van der Waals surface area contributed by atoms with Crippen molar-refractivity contribution in [2.45, 2.75) is 49.8 Å². The lowest BCUT2D eigenvalue weighted by Crippen LogP contribution is -2.28. The minimum Gasteiger partial charge on any atom is -0.309 e. The summed E-state index contributed by atoms with van der Waals surface area (Å²) in [4.78, 5) is 0. The lowest BCUT2D eigenvalue weighted by molar-refractivity contribution is 0.485. The number of fused-ring (bicyclic) bond motifs is 1. The Morgan fingerprint density at radius 3 is 2.94 bits per heavy atom. The minimum absolute atomic E-state index is 0.602. The maximum Gasteiger partial charge on any atom is 0.0323 e. The van der Waals surface area contributed by atoms with Crippen LogP contribution in [-0.2, 0) is 6.42 Å². The predicted molar refractivity (Wildman–Crippen MR) is 80.2 cm³/mol. The van der Waals surface area contributed by atoms with Crippen LogP contribution in [0, 0.1) is 0 Å². The van der Waals surface area contributed by atoms with Crippen molar-refractivity contribution in [1.29, 1.82) is 0 Å². The maximum atomic E-state index is 3.84. The van der Waals surface area contributed by atoms with Crippen LogP contribution in [0.15, 0.2) is 24.3 Å². The molecule has 1 nitrogen and oxygen atoms in total. The zero-order chi connectivity index (χ0) is 12.2. The third-order valence-corrected chi connectivity index (χ3v) is 5.63. The molecule has 1 aromatic rings. The molecule has 2 aliphatic rings. The van der Waals surface area contributed by atoms with Gasteiger partial charge in [0.15, 0.2) is 0 Å². The van der Waals surface area contributed by atoms with Crippen LogP contribution in [0.2, 0.25) is 0 Å². The molecule has 1 aliphatic heterocycles. The second kappa shape index (κ2) is 6.12. The summed E-state index contributed by atoms with van der Waals surface area (Å²) in [6.45, 7) is 1.20. The predicted octanol–water partition coefficient (Wildman–Crippen LogP) is 3.94. The SMILES string of the molecule is c1ccc2c(c1)CCCCC2NCC1CCCS1. The fourth-order valence-electron chi connectivity index (χ4n) is 3.21. The molecule has 0 saturated carbocycles. The van der Waals surface area contributed by atoms with Gasteiger partial charge in [0.25, 0.3) is 0 Å². The van der Waals surface area contributed by atoms with Crippen molar-refractivity contribution in [3.63, 3.8) is 0 Å². The quantitative estimate of drug-likeness (QED) is 0.827. The van der Waals surface area contributed by atoms with Crippen LogP contribution in [-0.4, -0.2) is 17.5 Å². The molecule has 1 aromatic carbocycles. The molecule has 2 heteroatoms.